The third kappa shape index (κ3) is 5.82. The molecule has 0 radical (unpaired) electrons. The van der Waals surface area contributed by atoms with Gasteiger partial charge in [-0.05, 0) is 37.8 Å². The maximum absolute atomic E-state index is 12.0. The molecule has 3 unspecified atom stereocenters. The normalized spacial score (nSPS) is 20.2. The van der Waals surface area contributed by atoms with E-state index >= 15 is 0 Å². The molecule has 0 bridgehead atoms. The molecule has 1 fully saturated rings. The maximum Gasteiger partial charge on any atom is 0.326 e. The lowest BCUT2D eigenvalue weighted by Crippen LogP contribution is -2.55. The Balaban J connectivity index is 2.54. The number of carboxylic acids is 1. The average molecular weight is 333 g/mol. The van der Waals surface area contributed by atoms with Crippen LogP contribution in [-0.2, 0) is 14.4 Å². The van der Waals surface area contributed by atoms with Crippen LogP contribution in [0.25, 0.3) is 0 Å². The van der Waals surface area contributed by atoms with Gasteiger partial charge in [-0.3, -0.25) is 9.59 Å². The second-order valence-electron chi connectivity index (χ2n) is 5.07. The van der Waals surface area contributed by atoms with E-state index in [1.807, 2.05) is 6.26 Å². The summed E-state index contributed by atoms with van der Waals surface area (Å²) in [5.41, 5.74) is 0. The second-order valence-corrected chi connectivity index (χ2v) is 6.06. The van der Waals surface area contributed by atoms with E-state index in [4.69, 9.17) is 5.11 Å². The van der Waals surface area contributed by atoms with Gasteiger partial charge in [-0.1, -0.05) is 0 Å². The summed E-state index contributed by atoms with van der Waals surface area (Å²) in [5, 5.41) is 26.1. The number of aliphatic carboxylic acids is 1. The quantitative estimate of drug-likeness (QED) is 0.349. The SMILES string of the molecule is CSCCC(NC(=O)C(CO)NC(=O)C1CCCN1)C(=O)O. The minimum Gasteiger partial charge on any atom is -0.480 e. The van der Waals surface area contributed by atoms with Gasteiger partial charge in [0.2, 0.25) is 11.8 Å². The van der Waals surface area contributed by atoms with Gasteiger partial charge in [-0.25, -0.2) is 4.79 Å². The first-order valence-corrected chi connectivity index (χ1v) is 8.55. The summed E-state index contributed by atoms with van der Waals surface area (Å²) in [6.07, 6.45) is 3.67. The molecule has 3 atom stereocenters. The van der Waals surface area contributed by atoms with Crippen molar-refractivity contribution < 1.29 is 24.6 Å². The van der Waals surface area contributed by atoms with Crippen LogP contribution in [0.2, 0.25) is 0 Å². The van der Waals surface area contributed by atoms with Crippen molar-refractivity contribution in [3.63, 3.8) is 0 Å². The number of carbonyl (C=O) groups is 3. The van der Waals surface area contributed by atoms with Gasteiger partial charge in [0.1, 0.15) is 12.1 Å². The monoisotopic (exact) mass is 333 g/mol. The number of nitrogens with one attached hydrogen (secondary N) is 3. The smallest absolute Gasteiger partial charge is 0.326 e. The molecule has 22 heavy (non-hydrogen) atoms. The number of thioether (sulfide) groups is 1. The van der Waals surface area contributed by atoms with E-state index in [0.717, 1.165) is 13.0 Å². The Hall–Kier alpha value is -1.32. The first-order valence-electron chi connectivity index (χ1n) is 7.16. The van der Waals surface area contributed by atoms with E-state index in [2.05, 4.69) is 16.0 Å². The van der Waals surface area contributed by atoms with Crippen LogP contribution in [0.1, 0.15) is 19.3 Å². The molecule has 1 rings (SSSR count). The van der Waals surface area contributed by atoms with Crippen molar-refractivity contribution in [2.75, 3.05) is 25.2 Å². The fourth-order valence-corrected chi connectivity index (χ4v) is 2.61. The maximum atomic E-state index is 12.0. The van der Waals surface area contributed by atoms with E-state index in [1.54, 1.807) is 0 Å². The van der Waals surface area contributed by atoms with E-state index in [-0.39, 0.29) is 18.4 Å². The van der Waals surface area contributed by atoms with Crippen LogP contribution in [-0.4, -0.2) is 71.3 Å². The average Bonchev–Trinajstić information content (AvgIpc) is 3.02. The van der Waals surface area contributed by atoms with Crippen molar-refractivity contribution in [2.45, 2.75) is 37.4 Å². The molecule has 0 saturated carbocycles. The minimum absolute atomic E-state index is 0.276. The summed E-state index contributed by atoms with van der Waals surface area (Å²) < 4.78 is 0. The molecule has 1 saturated heterocycles. The van der Waals surface area contributed by atoms with Crippen LogP contribution in [0.3, 0.4) is 0 Å². The Morgan fingerprint density at radius 1 is 1.32 bits per heavy atom. The lowest BCUT2D eigenvalue weighted by atomic mass is 10.1. The van der Waals surface area contributed by atoms with Crippen LogP contribution >= 0.6 is 11.8 Å². The largest absolute Gasteiger partial charge is 0.480 e. The van der Waals surface area contributed by atoms with Gasteiger partial charge in [-0.15, -0.1) is 0 Å². The molecule has 8 nitrogen and oxygen atoms in total. The van der Waals surface area contributed by atoms with Gasteiger partial charge >= 0.3 is 5.97 Å². The molecule has 0 aromatic rings. The predicted octanol–water partition coefficient (Wildman–Crippen LogP) is -1.46. The minimum atomic E-state index is -1.15. The molecule has 2 amide bonds. The number of aliphatic hydroxyl groups excluding tert-OH is 1. The number of rotatable bonds is 9. The predicted molar refractivity (Wildman–Crippen MR) is 82.6 cm³/mol. The fourth-order valence-electron chi connectivity index (χ4n) is 2.14. The molecule has 5 N–H and O–H groups in total. The highest BCUT2D eigenvalue weighted by Gasteiger charge is 2.29. The Morgan fingerprint density at radius 2 is 2.05 bits per heavy atom. The molecule has 1 heterocycles. The second kappa shape index (κ2) is 9.65. The molecule has 1 aliphatic heterocycles. The summed E-state index contributed by atoms with van der Waals surface area (Å²) in [5.74, 6) is -1.60. The lowest BCUT2D eigenvalue weighted by molar-refractivity contribution is -0.142. The zero-order chi connectivity index (χ0) is 16.5. The Bertz CT molecular complexity index is 401. The standard InChI is InChI=1S/C13H23N3O5S/c1-22-6-4-9(13(20)21)15-12(19)10(7-17)16-11(18)8-3-2-5-14-8/h8-10,14,17H,2-7H2,1H3,(H,15,19)(H,16,18)(H,20,21). The number of carboxylic acid groups (broad SMARTS) is 1. The molecular weight excluding hydrogens is 310 g/mol. The Labute approximate surface area is 133 Å². The van der Waals surface area contributed by atoms with Gasteiger partial charge in [0, 0.05) is 0 Å². The van der Waals surface area contributed by atoms with Crippen molar-refractivity contribution in [1.29, 1.82) is 0 Å². The fraction of sp³-hybridized carbons (Fsp3) is 0.769. The number of aliphatic hydroxyl groups is 1. The number of hydrogen-bond acceptors (Lipinski definition) is 6. The lowest BCUT2D eigenvalue weighted by Gasteiger charge is -2.21. The molecule has 9 heteroatoms. The Morgan fingerprint density at radius 3 is 2.55 bits per heavy atom. The van der Waals surface area contributed by atoms with Gasteiger partial charge in [0.05, 0.1) is 12.6 Å². The molecule has 126 valence electrons. The molecule has 0 aromatic heterocycles. The van der Waals surface area contributed by atoms with Crippen LogP contribution in [0.4, 0.5) is 0 Å². The zero-order valence-electron chi connectivity index (χ0n) is 12.5. The van der Waals surface area contributed by atoms with Crippen molar-refractivity contribution >= 4 is 29.5 Å². The van der Waals surface area contributed by atoms with Gasteiger partial charge in [0.15, 0.2) is 0 Å². The molecule has 1 aliphatic rings. The first-order chi connectivity index (χ1) is 10.5. The molecule has 0 spiro atoms. The summed E-state index contributed by atoms with van der Waals surface area (Å²) in [6, 6.07) is -2.55. The van der Waals surface area contributed by atoms with E-state index in [0.29, 0.717) is 12.2 Å². The van der Waals surface area contributed by atoms with E-state index in [1.165, 1.54) is 11.8 Å². The number of carbonyl (C=O) groups excluding carboxylic acids is 2. The highest BCUT2D eigenvalue weighted by Crippen LogP contribution is 2.05. The summed E-state index contributed by atoms with van der Waals surface area (Å²) in [7, 11) is 0. The zero-order valence-corrected chi connectivity index (χ0v) is 13.3. The first kappa shape index (κ1) is 18.7. The van der Waals surface area contributed by atoms with Crippen LogP contribution in [0.5, 0.6) is 0 Å². The summed E-state index contributed by atoms with van der Waals surface area (Å²) in [4.78, 5) is 35.1. The van der Waals surface area contributed by atoms with Crippen molar-refractivity contribution in [3.8, 4) is 0 Å². The topological polar surface area (TPSA) is 128 Å². The molecule has 0 aliphatic carbocycles. The molecule has 0 aromatic carbocycles. The van der Waals surface area contributed by atoms with Gasteiger partial charge in [-0.2, -0.15) is 11.8 Å². The van der Waals surface area contributed by atoms with Crippen molar-refractivity contribution in [1.82, 2.24) is 16.0 Å². The third-order valence-electron chi connectivity index (χ3n) is 3.42. The van der Waals surface area contributed by atoms with E-state index < -0.39 is 30.6 Å². The van der Waals surface area contributed by atoms with Crippen molar-refractivity contribution in [2.24, 2.45) is 0 Å². The number of hydrogen-bond donors (Lipinski definition) is 5. The highest BCUT2D eigenvalue weighted by atomic mass is 32.2. The third-order valence-corrected chi connectivity index (χ3v) is 4.06. The Kier molecular flexibility index (Phi) is 8.21. The molecular formula is C13H23N3O5S. The van der Waals surface area contributed by atoms with Crippen LogP contribution in [0.15, 0.2) is 0 Å². The summed E-state index contributed by atoms with van der Waals surface area (Å²) >= 11 is 1.47. The highest BCUT2D eigenvalue weighted by molar-refractivity contribution is 7.98. The van der Waals surface area contributed by atoms with Gasteiger partial charge < -0.3 is 26.2 Å². The van der Waals surface area contributed by atoms with Gasteiger partial charge in [0.25, 0.3) is 0 Å². The van der Waals surface area contributed by atoms with Crippen LogP contribution < -0.4 is 16.0 Å². The number of amides is 2. The van der Waals surface area contributed by atoms with Crippen molar-refractivity contribution in [3.05, 3.63) is 0 Å². The van der Waals surface area contributed by atoms with Crippen LogP contribution in [0, 0.1) is 0 Å². The summed E-state index contributed by atoms with van der Waals surface area (Å²) in [6.45, 7) is 0.156. The van der Waals surface area contributed by atoms with E-state index in [9.17, 15) is 19.5 Å².